The smallest absolute Gasteiger partial charge is 0.311 e. The molecule has 1 saturated heterocycles. The van der Waals surface area contributed by atoms with E-state index in [1.165, 1.54) is 12.1 Å². The van der Waals surface area contributed by atoms with Crippen molar-refractivity contribution in [2.45, 2.75) is 19.9 Å². The molecule has 1 atom stereocenters. The Hall–Kier alpha value is -2.74. The number of esters is 1. The fourth-order valence-electron chi connectivity index (χ4n) is 3.03. The molecule has 0 radical (unpaired) electrons. The number of benzene rings is 2. The van der Waals surface area contributed by atoms with Gasteiger partial charge in [-0.2, -0.15) is 0 Å². The van der Waals surface area contributed by atoms with Gasteiger partial charge in [0, 0.05) is 24.0 Å². The van der Waals surface area contributed by atoms with Gasteiger partial charge < -0.3 is 15.0 Å². The van der Waals surface area contributed by atoms with Gasteiger partial charge >= 0.3 is 5.97 Å². The first-order valence-electron chi connectivity index (χ1n) is 9.06. The summed E-state index contributed by atoms with van der Waals surface area (Å²) in [7, 11) is 0. The largest absolute Gasteiger partial charge is 0.455 e. The number of anilines is 1. The molecule has 29 heavy (non-hydrogen) atoms. The number of ether oxygens (including phenoxy) is 1. The van der Waals surface area contributed by atoms with E-state index in [0.717, 1.165) is 11.1 Å². The first-order valence-corrected chi connectivity index (χ1v) is 9.86. The number of amides is 2. The first-order chi connectivity index (χ1) is 13.8. The molecule has 0 aliphatic carbocycles. The highest BCUT2D eigenvalue weighted by molar-refractivity contribution is 9.10. The van der Waals surface area contributed by atoms with Crippen LogP contribution in [0.4, 0.5) is 10.1 Å². The Balaban J connectivity index is 1.48. The molecule has 0 aromatic heterocycles. The molecular formula is C21H20BrFN2O4. The van der Waals surface area contributed by atoms with Crippen LogP contribution in [0.15, 0.2) is 46.9 Å². The molecule has 0 bridgehead atoms. The van der Waals surface area contributed by atoms with Crippen LogP contribution in [0.2, 0.25) is 0 Å². The Morgan fingerprint density at radius 3 is 2.66 bits per heavy atom. The zero-order valence-electron chi connectivity index (χ0n) is 15.8. The number of hydrogen-bond acceptors (Lipinski definition) is 4. The Kier molecular flexibility index (Phi) is 6.64. The second kappa shape index (κ2) is 9.17. The lowest BCUT2D eigenvalue weighted by Crippen LogP contribution is -2.28. The highest BCUT2D eigenvalue weighted by Gasteiger charge is 2.35. The maximum absolute atomic E-state index is 13.7. The monoisotopic (exact) mass is 462 g/mol. The van der Waals surface area contributed by atoms with E-state index in [4.69, 9.17) is 4.74 Å². The molecule has 6 nitrogen and oxygen atoms in total. The lowest BCUT2D eigenvalue weighted by Gasteiger charge is -2.16. The van der Waals surface area contributed by atoms with Crippen molar-refractivity contribution < 1.29 is 23.5 Å². The Morgan fingerprint density at radius 1 is 1.24 bits per heavy atom. The fraction of sp³-hybridized carbons (Fsp3) is 0.286. The molecule has 2 aromatic rings. The Morgan fingerprint density at radius 2 is 1.97 bits per heavy atom. The number of carbonyl (C=O) groups is 3. The molecule has 1 aliphatic heterocycles. The van der Waals surface area contributed by atoms with Gasteiger partial charge in [-0.3, -0.25) is 14.4 Å². The number of aryl methyl sites for hydroxylation is 1. The number of hydrogen-bond donors (Lipinski definition) is 1. The van der Waals surface area contributed by atoms with E-state index in [1.807, 2.05) is 31.2 Å². The van der Waals surface area contributed by atoms with Gasteiger partial charge in [0.2, 0.25) is 5.91 Å². The van der Waals surface area contributed by atoms with Gasteiger partial charge in [0.15, 0.2) is 6.61 Å². The van der Waals surface area contributed by atoms with E-state index in [0.29, 0.717) is 11.0 Å². The van der Waals surface area contributed by atoms with Crippen molar-refractivity contribution in [1.29, 1.82) is 0 Å². The van der Waals surface area contributed by atoms with Crippen molar-refractivity contribution in [2.24, 2.45) is 5.92 Å². The number of nitrogens with one attached hydrogen (secondary N) is 1. The maximum atomic E-state index is 13.7. The van der Waals surface area contributed by atoms with Gasteiger partial charge in [0.1, 0.15) is 5.82 Å². The van der Waals surface area contributed by atoms with Crippen LogP contribution in [0.1, 0.15) is 17.5 Å². The predicted octanol–water partition coefficient (Wildman–Crippen LogP) is 3.43. The minimum Gasteiger partial charge on any atom is -0.455 e. The summed E-state index contributed by atoms with van der Waals surface area (Å²) in [5, 5.41) is 2.35. The van der Waals surface area contributed by atoms with E-state index in [-0.39, 0.29) is 24.6 Å². The van der Waals surface area contributed by atoms with Gasteiger partial charge in [-0.25, -0.2) is 4.39 Å². The average molecular weight is 463 g/mol. The van der Waals surface area contributed by atoms with Crippen LogP contribution in [0.5, 0.6) is 0 Å². The molecule has 1 heterocycles. The van der Waals surface area contributed by atoms with Crippen LogP contribution in [0.25, 0.3) is 0 Å². The molecular weight excluding hydrogens is 443 g/mol. The number of carbonyl (C=O) groups excluding carboxylic acids is 3. The van der Waals surface area contributed by atoms with Gasteiger partial charge in [-0.05, 0) is 30.7 Å². The van der Waals surface area contributed by atoms with E-state index < -0.39 is 30.2 Å². The highest BCUT2D eigenvalue weighted by Crippen LogP contribution is 2.22. The number of nitrogens with zero attached hydrogens (tertiary/aromatic N) is 1. The number of rotatable bonds is 6. The van der Waals surface area contributed by atoms with Gasteiger partial charge in [-0.15, -0.1) is 0 Å². The van der Waals surface area contributed by atoms with Crippen molar-refractivity contribution in [1.82, 2.24) is 4.90 Å². The second-order valence-electron chi connectivity index (χ2n) is 6.94. The molecule has 1 fully saturated rings. The maximum Gasteiger partial charge on any atom is 0.311 e. The van der Waals surface area contributed by atoms with Gasteiger partial charge in [0.25, 0.3) is 5.91 Å². The third-order valence-electron chi connectivity index (χ3n) is 4.59. The molecule has 152 valence electrons. The SMILES string of the molecule is Cc1ccc(CN2CC(C(=O)OCC(=O)Nc3ccc(Br)cc3F)CC2=O)cc1. The topological polar surface area (TPSA) is 75.7 Å². The molecule has 1 aliphatic rings. The summed E-state index contributed by atoms with van der Waals surface area (Å²) in [6, 6.07) is 12.0. The highest BCUT2D eigenvalue weighted by atomic mass is 79.9. The van der Waals surface area contributed by atoms with Crippen LogP contribution in [-0.4, -0.2) is 35.8 Å². The van der Waals surface area contributed by atoms with Gasteiger partial charge in [-0.1, -0.05) is 45.8 Å². The third-order valence-corrected chi connectivity index (χ3v) is 5.09. The predicted molar refractivity (Wildman–Crippen MR) is 108 cm³/mol. The van der Waals surface area contributed by atoms with E-state index in [9.17, 15) is 18.8 Å². The summed E-state index contributed by atoms with van der Waals surface area (Å²) in [6.45, 7) is 2.11. The minimum atomic E-state index is -0.652. The summed E-state index contributed by atoms with van der Waals surface area (Å²) >= 11 is 3.13. The fourth-order valence-corrected chi connectivity index (χ4v) is 3.36. The van der Waals surface area contributed by atoms with E-state index >= 15 is 0 Å². The van der Waals surface area contributed by atoms with Gasteiger partial charge in [0.05, 0.1) is 11.6 Å². The molecule has 0 saturated carbocycles. The summed E-state index contributed by atoms with van der Waals surface area (Å²) in [4.78, 5) is 38.0. The van der Waals surface area contributed by atoms with Crippen molar-refractivity contribution in [3.8, 4) is 0 Å². The van der Waals surface area contributed by atoms with Crippen molar-refractivity contribution >= 4 is 39.4 Å². The summed E-state index contributed by atoms with van der Waals surface area (Å²) in [6.07, 6.45) is 0.0493. The second-order valence-corrected chi connectivity index (χ2v) is 7.86. The number of likely N-dealkylation sites (tertiary alicyclic amines) is 1. The summed E-state index contributed by atoms with van der Waals surface area (Å²) < 4.78 is 19.3. The Labute approximate surface area is 176 Å². The standard InChI is InChI=1S/C21H20BrFN2O4/c1-13-2-4-14(5-3-13)10-25-11-15(8-20(25)27)21(28)29-12-19(26)24-18-7-6-16(22)9-17(18)23/h2-7,9,15H,8,10-12H2,1H3,(H,24,26). The first kappa shape index (κ1) is 21.0. The molecule has 0 spiro atoms. The van der Waals surface area contributed by atoms with Crippen LogP contribution in [0, 0.1) is 18.7 Å². The normalized spacial score (nSPS) is 16.0. The van der Waals surface area contributed by atoms with Crippen molar-refractivity contribution in [3.05, 3.63) is 63.9 Å². The zero-order valence-corrected chi connectivity index (χ0v) is 17.4. The zero-order chi connectivity index (χ0) is 21.0. The molecule has 8 heteroatoms. The van der Waals surface area contributed by atoms with Crippen LogP contribution in [-0.2, 0) is 25.7 Å². The lowest BCUT2D eigenvalue weighted by molar-refractivity contribution is -0.151. The van der Waals surface area contributed by atoms with Crippen molar-refractivity contribution in [2.75, 3.05) is 18.5 Å². The van der Waals surface area contributed by atoms with Crippen molar-refractivity contribution in [3.63, 3.8) is 0 Å². The van der Waals surface area contributed by atoms with Crippen LogP contribution >= 0.6 is 15.9 Å². The molecule has 2 aromatic carbocycles. The number of halogens is 2. The quantitative estimate of drug-likeness (QED) is 0.667. The summed E-state index contributed by atoms with van der Waals surface area (Å²) in [5.41, 5.74) is 2.10. The molecule has 2 amide bonds. The van der Waals surface area contributed by atoms with E-state index in [1.54, 1.807) is 11.0 Å². The third kappa shape index (κ3) is 5.63. The molecule has 3 rings (SSSR count). The molecule has 1 N–H and O–H groups in total. The lowest BCUT2D eigenvalue weighted by atomic mass is 10.1. The summed E-state index contributed by atoms with van der Waals surface area (Å²) in [5.74, 6) is -2.62. The minimum absolute atomic E-state index is 0.00503. The van der Waals surface area contributed by atoms with E-state index in [2.05, 4.69) is 21.2 Å². The Bertz CT molecular complexity index is 933. The molecule has 1 unspecified atom stereocenters. The van der Waals surface area contributed by atoms with Crippen LogP contribution < -0.4 is 5.32 Å². The van der Waals surface area contributed by atoms with Crippen LogP contribution in [0.3, 0.4) is 0 Å². The average Bonchev–Trinajstić information content (AvgIpc) is 3.04.